The first-order valence-electron chi connectivity index (χ1n) is 7.53. The number of hydrogen-bond acceptors (Lipinski definition) is 6. The summed E-state index contributed by atoms with van der Waals surface area (Å²) in [6.45, 7) is 2.15. The molecule has 2 aromatic rings. The fourth-order valence-corrected chi connectivity index (χ4v) is 2.40. The molecule has 0 radical (unpaired) electrons. The summed E-state index contributed by atoms with van der Waals surface area (Å²) in [7, 11) is 0. The summed E-state index contributed by atoms with van der Waals surface area (Å²) in [4.78, 5) is 30.2. The van der Waals surface area contributed by atoms with E-state index >= 15 is 0 Å². The van der Waals surface area contributed by atoms with Crippen LogP contribution in [-0.4, -0.2) is 53.2 Å². The number of rotatable bonds is 4. The van der Waals surface area contributed by atoms with Gasteiger partial charge in [-0.15, -0.1) is 0 Å². The molecule has 1 aliphatic rings. The molecule has 1 N–H and O–H groups in total. The number of amides is 1. The highest BCUT2D eigenvalue weighted by atomic mass is 16.6. The molecule has 0 saturated carbocycles. The zero-order chi connectivity index (χ0) is 16.9. The van der Waals surface area contributed by atoms with Gasteiger partial charge in [-0.3, -0.25) is 0 Å². The van der Waals surface area contributed by atoms with Gasteiger partial charge < -0.3 is 24.1 Å². The van der Waals surface area contributed by atoms with Crippen LogP contribution in [0.2, 0.25) is 0 Å². The van der Waals surface area contributed by atoms with Crippen molar-refractivity contribution in [1.29, 1.82) is 0 Å². The van der Waals surface area contributed by atoms with Crippen LogP contribution in [0.4, 0.5) is 10.8 Å². The van der Waals surface area contributed by atoms with Gasteiger partial charge in [0.25, 0.3) is 6.01 Å². The largest absolute Gasteiger partial charge is 0.475 e. The topological polar surface area (TPSA) is 96.1 Å². The Hall–Kier alpha value is -3.03. The summed E-state index contributed by atoms with van der Waals surface area (Å²) in [6, 6.07) is 9.74. The van der Waals surface area contributed by atoms with Crippen molar-refractivity contribution in [3.05, 3.63) is 47.9 Å². The first-order valence-corrected chi connectivity index (χ1v) is 7.53. The van der Waals surface area contributed by atoms with Crippen molar-refractivity contribution >= 4 is 18.1 Å². The van der Waals surface area contributed by atoms with E-state index in [1.807, 2.05) is 30.3 Å². The Kier molecular flexibility index (Phi) is 4.64. The number of carboxylic acids is 1. The molecule has 2 heterocycles. The van der Waals surface area contributed by atoms with E-state index in [1.165, 1.54) is 6.20 Å². The van der Waals surface area contributed by atoms with E-state index in [2.05, 4.69) is 4.98 Å². The number of aromatic carboxylic acids is 1. The lowest BCUT2D eigenvalue weighted by Gasteiger charge is -2.33. The molecule has 0 spiro atoms. The van der Waals surface area contributed by atoms with Crippen LogP contribution in [0, 0.1) is 0 Å². The van der Waals surface area contributed by atoms with E-state index in [-0.39, 0.29) is 24.5 Å². The van der Waals surface area contributed by atoms with Crippen molar-refractivity contribution in [3.63, 3.8) is 0 Å². The molecule has 0 aliphatic carbocycles. The summed E-state index contributed by atoms with van der Waals surface area (Å²) in [6.07, 6.45) is 0.815. The van der Waals surface area contributed by atoms with Gasteiger partial charge >= 0.3 is 12.1 Å². The average Bonchev–Trinajstić information content (AvgIpc) is 3.11. The van der Waals surface area contributed by atoms with E-state index in [4.69, 9.17) is 14.3 Å². The van der Waals surface area contributed by atoms with Crippen LogP contribution in [0.3, 0.4) is 0 Å². The second-order valence-corrected chi connectivity index (χ2v) is 5.33. The van der Waals surface area contributed by atoms with E-state index < -0.39 is 5.97 Å². The van der Waals surface area contributed by atoms with Crippen LogP contribution in [0.25, 0.3) is 0 Å². The zero-order valence-corrected chi connectivity index (χ0v) is 12.9. The predicted molar refractivity (Wildman–Crippen MR) is 83.9 cm³/mol. The number of anilines is 1. The Balaban J connectivity index is 1.49. The van der Waals surface area contributed by atoms with E-state index in [0.29, 0.717) is 26.2 Å². The Morgan fingerprint density at radius 1 is 1.17 bits per heavy atom. The molecule has 0 unspecified atom stereocenters. The van der Waals surface area contributed by atoms with Gasteiger partial charge in [0.15, 0.2) is 0 Å². The van der Waals surface area contributed by atoms with Gasteiger partial charge in [0.2, 0.25) is 5.76 Å². The summed E-state index contributed by atoms with van der Waals surface area (Å²) in [5, 5.41) is 8.84. The number of benzene rings is 1. The summed E-state index contributed by atoms with van der Waals surface area (Å²) >= 11 is 0. The molecule has 0 atom stereocenters. The maximum absolute atomic E-state index is 12.1. The number of carbonyl (C=O) groups excluding carboxylic acids is 1. The summed E-state index contributed by atoms with van der Waals surface area (Å²) < 4.78 is 10.5. The normalized spacial score (nSPS) is 14.5. The second kappa shape index (κ2) is 7.03. The number of ether oxygens (including phenoxy) is 1. The molecular weight excluding hydrogens is 314 g/mol. The van der Waals surface area contributed by atoms with Crippen LogP contribution in [0.5, 0.6) is 0 Å². The van der Waals surface area contributed by atoms with Crippen LogP contribution >= 0.6 is 0 Å². The molecule has 1 saturated heterocycles. The number of carboxylic acid groups (broad SMARTS) is 1. The third-order valence-electron chi connectivity index (χ3n) is 3.72. The van der Waals surface area contributed by atoms with Crippen molar-refractivity contribution in [2.45, 2.75) is 6.61 Å². The lowest BCUT2D eigenvalue weighted by molar-refractivity contribution is 0.0663. The van der Waals surface area contributed by atoms with Gasteiger partial charge in [-0.05, 0) is 5.56 Å². The SMILES string of the molecule is O=C(O)c1cnc(N2CCN(C(=O)OCc3ccccc3)CC2)o1. The molecule has 0 bridgehead atoms. The second-order valence-electron chi connectivity index (χ2n) is 5.33. The van der Waals surface area contributed by atoms with Gasteiger partial charge in [-0.1, -0.05) is 30.3 Å². The molecule has 1 fully saturated rings. The molecule has 24 heavy (non-hydrogen) atoms. The van der Waals surface area contributed by atoms with Crippen molar-refractivity contribution < 1.29 is 23.8 Å². The molecule has 1 aliphatic heterocycles. The Labute approximate surface area is 138 Å². The minimum atomic E-state index is -1.16. The fourth-order valence-electron chi connectivity index (χ4n) is 2.40. The minimum absolute atomic E-state index is 0.199. The number of piperazine rings is 1. The molecule has 1 aromatic heterocycles. The third-order valence-corrected chi connectivity index (χ3v) is 3.72. The molecule has 126 valence electrons. The molecular formula is C16H17N3O5. The number of hydrogen-bond donors (Lipinski definition) is 1. The van der Waals surface area contributed by atoms with E-state index in [1.54, 1.807) is 9.80 Å². The fraction of sp³-hybridized carbons (Fsp3) is 0.312. The van der Waals surface area contributed by atoms with Crippen LogP contribution in [0.1, 0.15) is 16.1 Å². The molecule has 1 amide bonds. The standard InChI is InChI=1S/C16H17N3O5/c20-14(21)13-10-17-15(24-13)18-6-8-19(9-7-18)16(22)23-11-12-4-2-1-3-5-12/h1-5,10H,6-9,11H2,(H,20,21). The first kappa shape index (κ1) is 15.9. The molecule has 3 rings (SSSR count). The molecule has 1 aromatic carbocycles. The van der Waals surface area contributed by atoms with Crippen molar-refractivity contribution in [2.24, 2.45) is 0 Å². The highest BCUT2D eigenvalue weighted by molar-refractivity contribution is 5.84. The van der Waals surface area contributed by atoms with Gasteiger partial charge in [0.1, 0.15) is 6.61 Å². The van der Waals surface area contributed by atoms with Gasteiger partial charge in [0.05, 0.1) is 6.20 Å². The van der Waals surface area contributed by atoms with Crippen molar-refractivity contribution in [3.8, 4) is 0 Å². The van der Waals surface area contributed by atoms with Crippen LogP contribution in [0.15, 0.2) is 40.9 Å². The summed E-state index contributed by atoms with van der Waals surface area (Å²) in [5.41, 5.74) is 0.936. The number of oxazole rings is 1. The lowest BCUT2D eigenvalue weighted by atomic mass is 10.2. The molecule has 8 nitrogen and oxygen atoms in total. The van der Waals surface area contributed by atoms with Crippen LogP contribution < -0.4 is 4.90 Å². The highest BCUT2D eigenvalue weighted by Crippen LogP contribution is 2.17. The monoisotopic (exact) mass is 331 g/mol. The smallest absolute Gasteiger partial charge is 0.410 e. The number of carbonyl (C=O) groups is 2. The van der Waals surface area contributed by atoms with E-state index in [9.17, 15) is 9.59 Å². The Morgan fingerprint density at radius 3 is 2.50 bits per heavy atom. The number of aromatic nitrogens is 1. The van der Waals surface area contributed by atoms with Gasteiger partial charge in [-0.2, -0.15) is 0 Å². The first-order chi connectivity index (χ1) is 11.6. The average molecular weight is 331 g/mol. The van der Waals surface area contributed by atoms with E-state index in [0.717, 1.165) is 5.56 Å². The van der Waals surface area contributed by atoms with Gasteiger partial charge in [0, 0.05) is 26.2 Å². The maximum Gasteiger partial charge on any atom is 0.410 e. The number of nitrogens with zero attached hydrogens (tertiary/aromatic N) is 3. The zero-order valence-electron chi connectivity index (χ0n) is 12.9. The lowest BCUT2D eigenvalue weighted by Crippen LogP contribution is -2.49. The van der Waals surface area contributed by atoms with Crippen LogP contribution in [-0.2, 0) is 11.3 Å². The maximum atomic E-state index is 12.1. The predicted octanol–water partition coefficient (Wildman–Crippen LogP) is 1.83. The van der Waals surface area contributed by atoms with Crippen molar-refractivity contribution in [2.75, 3.05) is 31.1 Å². The third kappa shape index (κ3) is 3.65. The minimum Gasteiger partial charge on any atom is -0.475 e. The van der Waals surface area contributed by atoms with Crippen molar-refractivity contribution in [1.82, 2.24) is 9.88 Å². The Bertz CT molecular complexity index is 708. The van der Waals surface area contributed by atoms with Gasteiger partial charge in [-0.25, -0.2) is 14.6 Å². The highest BCUT2D eigenvalue weighted by Gasteiger charge is 2.25. The quantitative estimate of drug-likeness (QED) is 0.913. The summed E-state index contributed by atoms with van der Waals surface area (Å²) in [5.74, 6) is -1.36. The molecule has 8 heteroatoms. The Morgan fingerprint density at radius 2 is 1.88 bits per heavy atom.